The molecule has 3 heterocycles. The molecule has 1 saturated heterocycles. The van der Waals surface area contributed by atoms with Crippen LogP contribution in [0.1, 0.15) is 44.9 Å². The van der Waals surface area contributed by atoms with E-state index in [9.17, 15) is 5.11 Å². The van der Waals surface area contributed by atoms with E-state index in [1.807, 2.05) is 32.2 Å². The highest BCUT2D eigenvalue weighted by Crippen LogP contribution is 2.41. The lowest BCUT2D eigenvalue weighted by Crippen LogP contribution is -2.52. The topological polar surface area (TPSA) is 48.8 Å². The molecule has 0 saturated carbocycles. The van der Waals surface area contributed by atoms with E-state index in [1.54, 1.807) is 0 Å². The second-order valence-electron chi connectivity index (χ2n) is 10.5. The Morgan fingerprint density at radius 1 is 1.14 bits per heavy atom. The molecule has 184 valence electrons. The van der Waals surface area contributed by atoms with Crippen molar-refractivity contribution in [1.82, 2.24) is 9.88 Å². The minimum absolute atomic E-state index is 0.0541. The van der Waals surface area contributed by atoms with E-state index in [2.05, 4.69) is 70.3 Å². The first-order valence-electron chi connectivity index (χ1n) is 12.9. The molecular formula is C30H37N3O2. The van der Waals surface area contributed by atoms with Crippen molar-refractivity contribution >= 4 is 11.3 Å². The Morgan fingerprint density at radius 2 is 1.97 bits per heavy atom. The van der Waals surface area contributed by atoms with Gasteiger partial charge in [0.2, 0.25) is 0 Å². The Balaban J connectivity index is 1.33. The van der Waals surface area contributed by atoms with Gasteiger partial charge in [0.05, 0.1) is 11.3 Å². The summed E-state index contributed by atoms with van der Waals surface area (Å²) in [5.41, 5.74) is 5.08. The molecule has 3 aliphatic rings. The van der Waals surface area contributed by atoms with Gasteiger partial charge in [-0.05, 0) is 63.5 Å². The van der Waals surface area contributed by atoms with Crippen LogP contribution < -0.4 is 4.90 Å². The summed E-state index contributed by atoms with van der Waals surface area (Å²) in [7, 11) is 0. The summed E-state index contributed by atoms with van der Waals surface area (Å²) >= 11 is 0. The van der Waals surface area contributed by atoms with Crippen molar-refractivity contribution in [3.05, 3.63) is 89.5 Å². The Labute approximate surface area is 209 Å². The maximum atomic E-state index is 10.7. The van der Waals surface area contributed by atoms with Crippen LogP contribution in [0.3, 0.4) is 0 Å². The lowest BCUT2D eigenvalue weighted by molar-refractivity contribution is 0.0358. The van der Waals surface area contributed by atoms with Gasteiger partial charge in [-0.2, -0.15) is 0 Å². The predicted molar refractivity (Wildman–Crippen MR) is 142 cm³/mol. The SMILES string of the molecule is C[C@@H]1CN(CC/C=C2/C3=C(C=CC(C(C)(C)O)C3)OCc3ncccc32)CCN1c1ccccc1. The maximum absolute atomic E-state index is 10.7. The zero-order valence-corrected chi connectivity index (χ0v) is 21.2. The Kier molecular flexibility index (Phi) is 6.81. The van der Waals surface area contributed by atoms with Crippen molar-refractivity contribution in [2.45, 2.75) is 51.9 Å². The fourth-order valence-corrected chi connectivity index (χ4v) is 5.53. The van der Waals surface area contributed by atoms with Crippen molar-refractivity contribution < 1.29 is 9.84 Å². The molecule has 5 nitrogen and oxygen atoms in total. The molecular weight excluding hydrogens is 434 g/mol. The van der Waals surface area contributed by atoms with Crippen LogP contribution in [0.25, 0.3) is 5.57 Å². The third kappa shape index (κ3) is 5.21. The molecule has 1 unspecified atom stereocenters. The summed E-state index contributed by atoms with van der Waals surface area (Å²) in [5.74, 6) is 0.971. The highest BCUT2D eigenvalue weighted by atomic mass is 16.5. The molecule has 0 spiro atoms. The van der Waals surface area contributed by atoms with Gasteiger partial charge in [0.15, 0.2) is 0 Å². The van der Waals surface area contributed by atoms with Crippen molar-refractivity contribution in [2.75, 3.05) is 31.1 Å². The van der Waals surface area contributed by atoms with Crippen LogP contribution in [0.15, 0.2) is 78.2 Å². The van der Waals surface area contributed by atoms with Crippen LogP contribution in [0.2, 0.25) is 0 Å². The average molecular weight is 472 g/mol. The molecule has 2 aromatic rings. The van der Waals surface area contributed by atoms with Crippen LogP contribution in [-0.2, 0) is 11.3 Å². The van der Waals surface area contributed by atoms with Crippen LogP contribution in [0, 0.1) is 5.92 Å². The number of ether oxygens (including phenoxy) is 1. The Bertz CT molecular complexity index is 1130. The molecule has 1 aliphatic carbocycles. The third-order valence-electron chi connectivity index (χ3n) is 7.57. The van der Waals surface area contributed by atoms with E-state index in [0.29, 0.717) is 12.6 Å². The lowest BCUT2D eigenvalue weighted by Gasteiger charge is -2.41. The minimum atomic E-state index is -0.779. The number of benzene rings is 1. The highest BCUT2D eigenvalue weighted by molar-refractivity contribution is 5.82. The maximum Gasteiger partial charge on any atom is 0.131 e. The highest BCUT2D eigenvalue weighted by Gasteiger charge is 2.32. The van der Waals surface area contributed by atoms with Crippen molar-refractivity contribution in [3.63, 3.8) is 0 Å². The minimum Gasteiger partial charge on any atom is -0.487 e. The molecule has 2 aliphatic heterocycles. The number of aromatic nitrogens is 1. The summed E-state index contributed by atoms with van der Waals surface area (Å²) in [5, 5.41) is 10.7. The van der Waals surface area contributed by atoms with Crippen LogP contribution in [0.5, 0.6) is 0 Å². The smallest absolute Gasteiger partial charge is 0.131 e. The molecule has 35 heavy (non-hydrogen) atoms. The van der Waals surface area contributed by atoms with E-state index in [0.717, 1.165) is 56.0 Å². The number of nitrogens with zero attached hydrogens (tertiary/aromatic N) is 3. The van der Waals surface area contributed by atoms with Crippen LogP contribution >= 0.6 is 0 Å². The van der Waals surface area contributed by atoms with Crippen LogP contribution in [0.4, 0.5) is 5.69 Å². The number of aliphatic hydroxyl groups is 1. The number of pyridine rings is 1. The van der Waals surface area contributed by atoms with E-state index < -0.39 is 5.60 Å². The van der Waals surface area contributed by atoms with Gasteiger partial charge in [0, 0.05) is 61.2 Å². The first-order chi connectivity index (χ1) is 16.9. The standard InChI is InChI=1S/C30H37N3O2/c1-22-20-32(17-18-33(22)24-9-5-4-6-10-24)16-8-12-25-26-11-7-15-31-28(26)21-35-29-14-13-23(19-27(25)29)30(2,3)34/h4-7,9-15,22-23,34H,8,16-21H2,1-3H3/b25-12+/t22-,23?/m1/s1. The molecule has 1 fully saturated rings. The summed E-state index contributed by atoms with van der Waals surface area (Å²) in [6.07, 6.45) is 10.1. The number of fused-ring (bicyclic) bond motifs is 1. The van der Waals surface area contributed by atoms with Gasteiger partial charge >= 0.3 is 0 Å². The monoisotopic (exact) mass is 471 g/mol. The van der Waals surface area contributed by atoms with Gasteiger partial charge in [-0.15, -0.1) is 0 Å². The second kappa shape index (κ2) is 10.00. The zero-order chi connectivity index (χ0) is 24.4. The van der Waals surface area contributed by atoms with Gasteiger partial charge < -0.3 is 14.7 Å². The third-order valence-corrected chi connectivity index (χ3v) is 7.57. The quantitative estimate of drug-likeness (QED) is 0.650. The number of anilines is 1. The fourth-order valence-electron chi connectivity index (χ4n) is 5.53. The molecule has 1 aromatic carbocycles. The van der Waals surface area contributed by atoms with E-state index in [1.165, 1.54) is 16.8 Å². The van der Waals surface area contributed by atoms with Crippen LogP contribution in [-0.4, -0.2) is 52.8 Å². The number of hydrogen-bond acceptors (Lipinski definition) is 5. The second-order valence-corrected chi connectivity index (χ2v) is 10.5. The average Bonchev–Trinajstić information content (AvgIpc) is 3.01. The van der Waals surface area contributed by atoms with Gasteiger partial charge in [0.25, 0.3) is 0 Å². The summed E-state index contributed by atoms with van der Waals surface area (Å²) in [6, 6.07) is 15.4. The normalized spacial score (nSPS) is 24.1. The molecule has 1 aromatic heterocycles. The van der Waals surface area contributed by atoms with E-state index >= 15 is 0 Å². The first-order valence-corrected chi connectivity index (χ1v) is 12.9. The zero-order valence-electron chi connectivity index (χ0n) is 21.2. The van der Waals surface area contributed by atoms with Gasteiger partial charge in [-0.1, -0.05) is 36.4 Å². The molecule has 5 rings (SSSR count). The largest absolute Gasteiger partial charge is 0.487 e. The summed E-state index contributed by atoms with van der Waals surface area (Å²) in [4.78, 5) is 9.71. The molecule has 0 amide bonds. The summed E-state index contributed by atoms with van der Waals surface area (Å²) < 4.78 is 6.18. The number of piperazine rings is 1. The molecule has 5 heteroatoms. The van der Waals surface area contributed by atoms with Crippen molar-refractivity contribution in [2.24, 2.45) is 5.92 Å². The Morgan fingerprint density at radius 3 is 2.74 bits per heavy atom. The number of rotatable bonds is 5. The number of para-hydroxylation sites is 1. The lowest BCUT2D eigenvalue weighted by atomic mass is 9.78. The van der Waals surface area contributed by atoms with Crippen molar-refractivity contribution in [1.29, 1.82) is 0 Å². The number of allylic oxidation sites excluding steroid dienone is 3. The molecule has 2 atom stereocenters. The Hall–Kier alpha value is -2.89. The first kappa shape index (κ1) is 23.8. The predicted octanol–water partition coefficient (Wildman–Crippen LogP) is 5.20. The molecule has 1 N–H and O–H groups in total. The van der Waals surface area contributed by atoms with E-state index in [4.69, 9.17) is 4.74 Å². The van der Waals surface area contributed by atoms with E-state index in [-0.39, 0.29) is 5.92 Å². The fraction of sp³-hybridized carbons (Fsp3) is 0.433. The summed E-state index contributed by atoms with van der Waals surface area (Å²) in [6.45, 7) is 10.8. The van der Waals surface area contributed by atoms with Gasteiger partial charge in [-0.3, -0.25) is 9.88 Å². The number of hydrogen-bond donors (Lipinski definition) is 1. The molecule has 0 bridgehead atoms. The van der Waals surface area contributed by atoms with Gasteiger partial charge in [0.1, 0.15) is 12.4 Å². The molecule has 0 radical (unpaired) electrons. The van der Waals surface area contributed by atoms with Crippen molar-refractivity contribution in [3.8, 4) is 0 Å². The van der Waals surface area contributed by atoms with Gasteiger partial charge in [-0.25, -0.2) is 0 Å².